The Morgan fingerprint density at radius 1 is 1.21 bits per heavy atom. The summed E-state index contributed by atoms with van der Waals surface area (Å²) in [7, 11) is 1.65. The van der Waals surface area contributed by atoms with Crippen LogP contribution in [0.5, 0.6) is 5.75 Å². The van der Waals surface area contributed by atoms with Crippen molar-refractivity contribution in [3.63, 3.8) is 0 Å². The monoisotopic (exact) mass is 389 g/mol. The summed E-state index contributed by atoms with van der Waals surface area (Å²) in [5.74, 6) is 0.00810. The summed E-state index contributed by atoms with van der Waals surface area (Å²) in [6, 6.07) is 15.2. The summed E-state index contributed by atoms with van der Waals surface area (Å²) >= 11 is 3.63. The molecule has 2 aromatic rings. The van der Waals surface area contributed by atoms with Crippen LogP contribution in [0.15, 0.2) is 53.0 Å². The minimum Gasteiger partial charge on any atom is -0.496 e. The van der Waals surface area contributed by atoms with E-state index in [9.17, 15) is 9.90 Å². The third kappa shape index (κ3) is 3.19. The van der Waals surface area contributed by atoms with Crippen molar-refractivity contribution in [2.24, 2.45) is 0 Å². The number of para-hydroxylation sites is 1. The van der Waals surface area contributed by atoms with Gasteiger partial charge in [-0.2, -0.15) is 0 Å². The molecule has 1 fully saturated rings. The second-order valence-corrected chi connectivity index (χ2v) is 6.75. The molecule has 2 unspecified atom stereocenters. The Morgan fingerprint density at radius 2 is 1.88 bits per heavy atom. The summed E-state index contributed by atoms with van der Waals surface area (Å²) in [6.45, 7) is 0.751. The van der Waals surface area contributed by atoms with E-state index in [4.69, 9.17) is 4.74 Å². The van der Waals surface area contributed by atoms with Gasteiger partial charge in [0.05, 0.1) is 13.2 Å². The number of carboxylic acids is 1. The Kier molecular flexibility index (Phi) is 5.21. The molecule has 4 nitrogen and oxygen atoms in total. The van der Waals surface area contributed by atoms with Gasteiger partial charge in [-0.3, -0.25) is 9.69 Å². The van der Waals surface area contributed by atoms with Gasteiger partial charge in [-0.15, -0.1) is 0 Å². The minimum absolute atomic E-state index is 0.166. The first-order valence-corrected chi connectivity index (χ1v) is 8.78. The molecule has 5 heteroatoms. The summed E-state index contributed by atoms with van der Waals surface area (Å²) in [6.07, 6.45) is 1.55. The molecule has 2 aromatic carbocycles. The van der Waals surface area contributed by atoms with Crippen molar-refractivity contribution >= 4 is 21.9 Å². The minimum atomic E-state index is -0.764. The number of hydrogen-bond acceptors (Lipinski definition) is 3. The molecule has 0 aliphatic carbocycles. The third-order valence-corrected chi connectivity index (χ3v) is 5.27. The van der Waals surface area contributed by atoms with Crippen molar-refractivity contribution in [3.8, 4) is 5.75 Å². The number of carboxylic acid groups (broad SMARTS) is 1. The Bertz CT molecular complexity index is 734. The van der Waals surface area contributed by atoms with Gasteiger partial charge in [0, 0.05) is 16.6 Å². The number of aliphatic carboxylic acids is 1. The first-order chi connectivity index (χ1) is 11.6. The van der Waals surface area contributed by atoms with Gasteiger partial charge in [0.1, 0.15) is 11.8 Å². The van der Waals surface area contributed by atoms with Crippen LogP contribution in [0, 0.1) is 0 Å². The molecule has 0 aromatic heterocycles. The number of halogens is 1. The summed E-state index contributed by atoms with van der Waals surface area (Å²) in [5.41, 5.74) is 2.04. The number of likely N-dealkylation sites (tertiary alicyclic amines) is 1. The van der Waals surface area contributed by atoms with Crippen molar-refractivity contribution in [2.45, 2.75) is 24.9 Å². The zero-order chi connectivity index (χ0) is 17.1. The van der Waals surface area contributed by atoms with Crippen LogP contribution < -0.4 is 4.74 Å². The van der Waals surface area contributed by atoms with Gasteiger partial charge in [-0.05, 0) is 30.5 Å². The molecule has 1 heterocycles. The number of carbonyl (C=O) groups is 1. The van der Waals surface area contributed by atoms with Gasteiger partial charge in [0.15, 0.2) is 0 Å². The molecule has 0 bridgehead atoms. The van der Waals surface area contributed by atoms with E-state index in [-0.39, 0.29) is 6.04 Å². The highest BCUT2D eigenvalue weighted by Crippen LogP contribution is 2.41. The molecule has 24 heavy (non-hydrogen) atoms. The normalized spacial score (nSPS) is 19.2. The third-order valence-electron chi connectivity index (χ3n) is 4.54. The standard InChI is InChI=1S/C19H20BrNO3/c1-24-17-11-5-3-8-14(17)18(13-7-2-4-9-15(13)20)21-12-6-10-16(21)19(22)23/h2-5,7-9,11,16,18H,6,10,12H2,1H3,(H,22,23). The van der Waals surface area contributed by atoms with Gasteiger partial charge >= 0.3 is 5.97 Å². The quantitative estimate of drug-likeness (QED) is 0.836. The number of rotatable bonds is 5. The van der Waals surface area contributed by atoms with Crippen LogP contribution in [0.4, 0.5) is 0 Å². The van der Waals surface area contributed by atoms with Crippen LogP contribution in [0.1, 0.15) is 30.0 Å². The zero-order valence-corrected chi connectivity index (χ0v) is 15.1. The van der Waals surface area contributed by atoms with E-state index in [1.807, 2.05) is 48.5 Å². The SMILES string of the molecule is COc1ccccc1C(c1ccccc1Br)N1CCCC1C(=O)O. The summed E-state index contributed by atoms with van der Waals surface area (Å²) in [5, 5.41) is 9.64. The molecular formula is C19H20BrNO3. The number of benzene rings is 2. The van der Waals surface area contributed by atoms with Crippen LogP contribution in [-0.2, 0) is 4.79 Å². The lowest BCUT2D eigenvalue weighted by Gasteiger charge is -2.33. The highest BCUT2D eigenvalue weighted by atomic mass is 79.9. The molecule has 3 rings (SSSR count). The van der Waals surface area contributed by atoms with Crippen LogP contribution in [0.25, 0.3) is 0 Å². The van der Waals surface area contributed by atoms with Crippen LogP contribution in [-0.4, -0.2) is 35.7 Å². The number of nitrogens with zero attached hydrogens (tertiary/aromatic N) is 1. The van der Waals surface area contributed by atoms with E-state index in [1.165, 1.54) is 0 Å². The molecule has 2 atom stereocenters. The molecule has 0 saturated carbocycles. The fourth-order valence-electron chi connectivity index (χ4n) is 3.48. The fourth-order valence-corrected chi connectivity index (χ4v) is 3.98. The highest BCUT2D eigenvalue weighted by Gasteiger charge is 2.38. The van der Waals surface area contributed by atoms with Crippen molar-refractivity contribution < 1.29 is 14.6 Å². The van der Waals surface area contributed by atoms with Crippen LogP contribution >= 0.6 is 15.9 Å². The molecule has 0 amide bonds. The van der Waals surface area contributed by atoms with Crippen molar-refractivity contribution in [3.05, 3.63) is 64.1 Å². The summed E-state index contributed by atoms with van der Waals surface area (Å²) in [4.78, 5) is 13.8. The number of hydrogen-bond donors (Lipinski definition) is 1. The van der Waals surface area contributed by atoms with Gasteiger partial charge < -0.3 is 9.84 Å². The van der Waals surface area contributed by atoms with E-state index < -0.39 is 12.0 Å². The predicted molar refractivity (Wildman–Crippen MR) is 96.3 cm³/mol. The van der Waals surface area contributed by atoms with Crippen molar-refractivity contribution in [2.75, 3.05) is 13.7 Å². The molecule has 1 aliphatic heterocycles. The van der Waals surface area contributed by atoms with Crippen molar-refractivity contribution in [1.82, 2.24) is 4.90 Å². The molecule has 1 saturated heterocycles. The second kappa shape index (κ2) is 7.36. The maximum absolute atomic E-state index is 11.7. The Morgan fingerprint density at radius 3 is 2.54 bits per heavy atom. The first-order valence-electron chi connectivity index (χ1n) is 7.99. The summed E-state index contributed by atoms with van der Waals surface area (Å²) < 4.78 is 6.52. The molecule has 1 N–H and O–H groups in total. The lowest BCUT2D eigenvalue weighted by molar-refractivity contribution is -0.142. The highest BCUT2D eigenvalue weighted by molar-refractivity contribution is 9.10. The van der Waals surface area contributed by atoms with Gasteiger partial charge in [0.25, 0.3) is 0 Å². The smallest absolute Gasteiger partial charge is 0.320 e. The second-order valence-electron chi connectivity index (χ2n) is 5.90. The average Bonchev–Trinajstić information content (AvgIpc) is 3.07. The van der Waals surface area contributed by atoms with E-state index in [0.717, 1.165) is 34.3 Å². The Balaban J connectivity index is 2.15. The average molecular weight is 390 g/mol. The predicted octanol–water partition coefficient (Wildman–Crippen LogP) is 4.10. The lowest BCUT2D eigenvalue weighted by Crippen LogP contribution is -2.39. The number of ether oxygens (including phenoxy) is 1. The van der Waals surface area contributed by atoms with E-state index in [2.05, 4.69) is 20.8 Å². The van der Waals surface area contributed by atoms with E-state index in [0.29, 0.717) is 6.42 Å². The van der Waals surface area contributed by atoms with Crippen LogP contribution in [0.2, 0.25) is 0 Å². The first kappa shape index (κ1) is 17.0. The molecule has 0 spiro atoms. The van der Waals surface area contributed by atoms with Crippen molar-refractivity contribution in [1.29, 1.82) is 0 Å². The number of methoxy groups -OCH3 is 1. The maximum atomic E-state index is 11.7. The Labute approximate surface area is 150 Å². The molecule has 0 radical (unpaired) electrons. The maximum Gasteiger partial charge on any atom is 0.320 e. The van der Waals surface area contributed by atoms with Gasteiger partial charge in [0.2, 0.25) is 0 Å². The lowest BCUT2D eigenvalue weighted by atomic mass is 9.95. The Hall–Kier alpha value is -1.85. The topological polar surface area (TPSA) is 49.8 Å². The zero-order valence-electron chi connectivity index (χ0n) is 13.5. The molecular weight excluding hydrogens is 370 g/mol. The van der Waals surface area contributed by atoms with Crippen LogP contribution in [0.3, 0.4) is 0 Å². The largest absolute Gasteiger partial charge is 0.496 e. The molecule has 126 valence electrons. The van der Waals surface area contributed by atoms with Gasteiger partial charge in [-0.25, -0.2) is 0 Å². The van der Waals surface area contributed by atoms with E-state index in [1.54, 1.807) is 7.11 Å². The molecule has 1 aliphatic rings. The van der Waals surface area contributed by atoms with Gasteiger partial charge in [-0.1, -0.05) is 52.3 Å². The fraction of sp³-hybridized carbons (Fsp3) is 0.316. The van der Waals surface area contributed by atoms with E-state index >= 15 is 0 Å².